The summed E-state index contributed by atoms with van der Waals surface area (Å²) in [6, 6.07) is 3.64. The summed E-state index contributed by atoms with van der Waals surface area (Å²) in [6.07, 6.45) is -1.00. The molecule has 7 nitrogen and oxygen atoms in total. The number of benzene rings is 1. The maximum atomic E-state index is 11.8. The summed E-state index contributed by atoms with van der Waals surface area (Å²) in [7, 11) is 2.88. The average molecular weight is 297 g/mol. The van der Waals surface area contributed by atoms with Gasteiger partial charge >= 0.3 is 5.97 Å². The van der Waals surface area contributed by atoms with E-state index in [9.17, 15) is 14.7 Å². The number of aliphatic hydroxyl groups excluding tert-OH is 1. The van der Waals surface area contributed by atoms with Crippen LogP contribution in [0.25, 0.3) is 0 Å². The number of carbonyl (C=O) groups is 2. The Balaban J connectivity index is 3.16. The fraction of sp³-hybridized carbons (Fsp3) is 0.429. The van der Waals surface area contributed by atoms with Crippen LogP contribution >= 0.6 is 0 Å². The second-order valence-corrected chi connectivity index (χ2v) is 4.04. The van der Waals surface area contributed by atoms with E-state index in [-0.39, 0.29) is 12.4 Å². The van der Waals surface area contributed by atoms with E-state index >= 15 is 0 Å². The lowest BCUT2D eigenvalue weighted by Gasteiger charge is -2.23. The highest BCUT2D eigenvalue weighted by atomic mass is 16.5. The van der Waals surface area contributed by atoms with Gasteiger partial charge in [-0.2, -0.15) is 0 Å². The lowest BCUT2D eigenvalue weighted by atomic mass is 10.0. The first kappa shape index (κ1) is 16.8. The molecule has 7 heteroatoms. The van der Waals surface area contributed by atoms with Crippen molar-refractivity contribution in [3.63, 3.8) is 0 Å². The number of esters is 1. The van der Waals surface area contributed by atoms with Crippen LogP contribution in [0.1, 0.15) is 18.6 Å². The summed E-state index contributed by atoms with van der Waals surface area (Å²) in [6.45, 7) is 1.77. The van der Waals surface area contributed by atoms with Crippen LogP contribution in [0, 0.1) is 0 Å². The number of methoxy groups -OCH3 is 2. The number of carbonyl (C=O) groups excluding carboxylic acids is 2. The molecular formula is C14H19NO6. The predicted octanol–water partition coefficient (Wildman–Crippen LogP) is 0.415. The van der Waals surface area contributed by atoms with Crippen molar-refractivity contribution in [2.45, 2.75) is 19.1 Å². The minimum atomic E-state index is -1.33. The molecule has 0 aliphatic rings. The monoisotopic (exact) mass is 297 g/mol. The van der Waals surface area contributed by atoms with Gasteiger partial charge in [0.1, 0.15) is 6.10 Å². The maximum absolute atomic E-state index is 11.8. The molecule has 0 heterocycles. The molecule has 0 aliphatic heterocycles. The molecule has 2 N–H and O–H groups in total. The highest BCUT2D eigenvalue weighted by Gasteiger charge is 2.31. The lowest BCUT2D eigenvalue weighted by molar-refractivity contribution is -0.149. The quantitative estimate of drug-likeness (QED) is 0.533. The molecule has 1 aromatic carbocycles. The first-order valence-electron chi connectivity index (χ1n) is 6.35. The number of hydrogen-bond donors (Lipinski definition) is 2. The summed E-state index contributed by atoms with van der Waals surface area (Å²) < 4.78 is 15.2. The molecule has 0 aromatic heterocycles. The van der Waals surface area contributed by atoms with Gasteiger partial charge in [-0.1, -0.05) is 12.1 Å². The molecule has 0 aliphatic carbocycles. The molecule has 0 saturated heterocycles. The van der Waals surface area contributed by atoms with Crippen LogP contribution in [0.3, 0.4) is 0 Å². The minimum absolute atomic E-state index is 0.137. The van der Waals surface area contributed by atoms with Crippen LogP contribution in [0.5, 0.6) is 11.5 Å². The molecule has 1 aromatic rings. The average Bonchev–Trinajstić information content (AvgIpc) is 2.51. The van der Waals surface area contributed by atoms with Crippen molar-refractivity contribution < 1.29 is 28.9 Å². The van der Waals surface area contributed by atoms with Crippen LogP contribution in [0.2, 0.25) is 0 Å². The molecule has 0 saturated carbocycles. The smallest absolute Gasteiger partial charge is 0.331 e. The van der Waals surface area contributed by atoms with Crippen molar-refractivity contribution in [3.8, 4) is 11.5 Å². The van der Waals surface area contributed by atoms with E-state index in [1.54, 1.807) is 25.1 Å². The number of ether oxygens (including phenoxy) is 3. The number of hydrogen-bond acceptors (Lipinski definition) is 6. The van der Waals surface area contributed by atoms with Crippen molar-refractivity contribution in [2.24, 2.45) is 0 Å². The van der Waals surface area contributed by atoms with Crippen molar-refractivity contribution in [2.75, 3.05) is 20.8 Å². The Kier molecular flexibility index (Phi) is 6.48. The summed E-state index contributed by atoms with van der Waals surface area (Å²) in [5.74, 6) is -0.0424. The normalized spacial score (nSPS) is 13.0. The molecular weight excluding hydrogens is 278 g/mol. The zero-order valence-corrected chi connectivity index (χ0v) is 12.2. The molecule has 0 radical (unpaired) electrons. The molecule has 1 amide bonds. The Morgan fingerprint density at radius 2 is 2.10 bits per heavy atom. The minimum Gasteiger partial charge on any atom is -0.493 e. The number of amides is 1. The molecule has 0 fully saturated rings. The standard InChI is InChI=1S/C14H19NO6/c1-4-21-14(18)11(15-8-16)12(17)9-6-5-7-10(19-2)13(9)20-3/h5-8,11-12,17H,4H2,1-3H3,(H,15,16). The van der Waals surface area contributed by atoms with E-state index in [0.29, 0.717) is 17.7 Å². The predicted molar refractivity (Wildman–Crippen MR) is 74.1 cm³/mol. The zero-order valence-electron chi connectivity index (χ0n) is 12.2. The second kappa shape index (κ2) is 8.11. The largest absolute Gasteiger partial charge is 0.493 e. The van der Waals surface area contributed by atoms with Crippen molar-refractivity contribution in [1.29, 1.82) is 0 Å². The first-order chi connectivity index (χ1) is 10.1. The molecule has 2 unspecified atom stereocenters. The summed E-state index contributed by atoms with van der Waals surface area (Å²) >= 11 is 0. The van der Waals surface area contributed by atoms with Gasteiger partial charge in [-0.25, -0.2) is 4.79 Å². The van der Waals surface area contributed by atoms with Crippen LogP contribution in [-0.4, -0.2) is 44.4 Å². The lowest BCUT2D eigenvalue weighted by Crippen LogP contribution is -2.42. The van der Waals surface area contributed by atoms with Gasteiger partial charge in [0.2, 0.25) is 6.41 Å². The summed E-state index contributed by atoms with van der Waals surface area (Å²) in [5, 5.41) is 12.6. The Labute approximate surface area is 122 Å². The second-order valence-electron chi connectivity index (χ2n) is 4.04. The summed E-state index contributed by atoms with van der Waals surface area (Å²) in [4.78, 5) is 22.5. The van der Waals surface area contributed by atoms with E-state index in [4.69, 9.17) is 14.2 Å². The van der Waals surface area contributed by atoms with Gasteiger partial charge in [0.25, 0.3) is 0 Å². The molecule has 2 atom stereocenters. The molecule has 0 bridgehead atoms. The highest BCUT2D eigenvalue weighted by molar-refractivity contribution is 5.79. The van der Waals surface area contributed by atoms with E-state index in [0.717, 1.165) is 0 Å². The third-order valence-corrected chi connectivity index (χ3v) is 2.86. The van der Waals surface area contributed by atoms with Crippen LogP contribution < -0.4 is 14.8 Å². The third-order valence-electron chi connectivity index (χ3n) is 2.86. The van der Waals surface area contributed by atoms with Crippen molar-refractivity contribution in [3.05, 3.63) is 23.8 Å². The highest BCUT2D eigenvalue weighted by Crippen LogP contribution is 2.35. The topological polar surface area (TPSA) is 94.1 Å². The van der Waals surface area contributed by atoms with Crippen LogP contribution in [0.15, 0.2) is 18.2 Å². The van der Waals surface area contributed by atoms with Gasteiger partial charge in [-0.15, -0.1) is 0 Å². The first-order valence-corrected chi connectivity index (χ1v) is 6.35. The number of aliphatic hydroxyl groups is 1. The van der Waals surface area contributed by atoms with Crippen molar-refractivity contribution >= 4 is 12.4 Å². The van der Waals surface area contributed by atoms with Gasteiger partial charge in [-0.05, 0) is 13.0 Å². The Morgan fingerprint density at radius 1 is 1.38 bits per heavy atom. The molecule has 21 heavy (non-hydrogen) atoms. The number of rotatable bonds is 8. The third kappa shape index (κ3) is 3.85. The molecule has 1 rings (SSSR count). The van der Waals surface area contributed by atoms with E-state index in [1.807, 2.05) is 0 Å². The van der Waals surface area contributed by atoms with Gasteiger partial charge in [-0.3, -0.25) is 4.79 Å². The summed E-state index contributed by atoms with van der Waals surface area (Å²) in [5.41, 5.74) is 0.309. The zero-order chi connectivity index (χ0) is 15.8. The fourth-order valence-electron chi connectivity index (χ4n) is 1.92. The number of nitrogens with one attached hydrogen (secondary N) is 1. The van der Waals surface area contributed by atoms with Crippen LogP contribution in [0.4, 0.5) is 0 Å². The van der Waals surface area contributed by atoms with Gasteiger partial charge < -0.3 is 24.6 Å². The van der Waals surface area contributed by atoms with Crippen LogP contribution in [-0.2, 0) is 14.3 Å². The Hall–Kier alpha value is -2.28. The van der Waals surface area contributed by atoms with E-state index < -0.39 is 18.1 Å². The maximum Gasteiger partial charge on any atom is 0.331 e. The fourth-order valence-corrected chi connectivity index (χ4v) is 1.92. The molecule has 0 spiro atoms. The van der Waals surface area contributed by atoms with Crippen molar-refractivity contribution in [1.82, 2.24) is 5.32 Å². The van der Waals surface area contributed by atoms with Gasteiger partial charge in [0, 0.05) is 5.56 Å². The van der Waals surface area contributed by atoms with E-state index in [1.165, 1.54) is 14.2 Å². The van der Waals surface area contributed by atoms with Gasteiger partial charge in [0.15, 0.2) is 17.5 Å². The SMILES string of the molecule is CCOC(=O)C(NC=O)C(O)c1cccc(OC)c1OC. The molecule has 116 valence electrons. The van der Waals surface area contributed by atoms with E-state index in [2.05, 4.69) is 5.32 Å². The Bertz CT molecular complexity index is 490. The number of para-hydroxylation sites is 1. The van der Waals surface area contributed by atoms with Gasteiger partial charge in [0.05, 0.1) is 20.8 Å². The Morgan fingerprint density at radius 3 is 2.62 bits per heavy atom.